The first-order chi connectivity index (χ1) is 8.83. The second kappa shape index (κ2) is 7.22. The van der Waals surface area contributed by atoms with Crippen LogP contribution in [-0.2, 0) is 6.54 Å². The third-order valence-corrected chi connectivity index (χ3v) is 4.33. The van der Waals surface area contributed by atoms with E-state index in [-0.39, 0.29) is 5.41 Å². The zero-order chi connectivity index (χ0) is 14.5. The van der Waals surface area contributed by atoms with E-state index in [9.17, 15) is 0 Å². The quantitative estimate of drug-likeness (QED) is 0.775. The van der Waals surface area contributed by atoms with Gasteiger partial charge in [-0.05, 0) is 38.1 Å². The van der Waals surface area contributed by atoms with Crippen molar-refractivity contribution in [3.8, 4) is 0 Å². The van der Waals surface area contributed by atoms with E-state index in [1.54, 1.807) is 0 Å². The zero-order valence-corrected chi connectivity index (χ0v) is 13.5. The molecule has 0 fully saturated rings. The number of benzene rings is 1. The van der Waals surface area contributed by atoms with E-state index >= 15 is 0 Å². The lowest BCUT2D eigenvalue weighted by molar-refractivity contribution is 0.301. The zero-order valence-electron chi connectivity index (χ0n) is 11.9. The van der Waals surface area contributed by atoms with Crippen molar-refractivity contribution in [3.05, 3.63) is 34.9 Å². The van der Waals surface area contributed by atoms with Gasteiger partial charge >= 0.3 is 0 Å². The van der Waals surface area contributed by atoms with Gasteiger partial charge in [-0.15, -0.1) is 0 Å². The van der Waals surface area contributed by atoms with Gasteiger partial charge in [0.2, 0.25) is 0 Å². The first-order valence-corrected chi connectivity index (χ1v) is 7.33. The highest BCUT2D eigenvalue weighted by Gasteiger charge is 2.20. The van der Waals surface area contributed by atoms with E-state index < -0.39 is 0 Å². The Hall–Kier alpha value is -0.640. The Morgan fingerprint density at radius 2 is 2.00 bits per heavy atom. The predicted octanol–water partition coefficient (Wildman–Crippen LogP) is 3.86. The molecule has 0 spiro atoms. The molecule has 1 rings (SSSR count). The normalized spacial score (nSPS) is 11.8. The van der Waals surface area contributed by atoms with Gasteiger partial charge in [-0.2, -0.15) is 0 Å². The van der Waals surface area contributed by atoms with Gasteiger partial charge in [0.1, 0.15) is 0 Å². The van der Waals surface area contributed by atoms with E-state index in [0.717, 1.165) is 31.0 Å². The Labute approximate surface area is 126 Å². The maximum absolute atomic E-state index is 6.16. The lowest BCUT2D eigenvalue weighted by Crippen LogP contribution is -2.31. The summed E-state index contributed by atoms with van der Waals surface area (Å²) in [5.41, 5.74) is 6.84. The van der Waals surface area contributed by atoms with E-state index in [0.29, 0.717) is 4.99 Å². The molecule has 2 N–H and O–H groups in total. The molecule has 2 nitrogen and oxygen atoms in total. The van der Waals surface area contributed by atoms with Crippen molar-refractivity contribution in [1.29, 1.82) is 0 Å². The van der Waals surface area contributed by atoms with Crippen molar-refractivity contribution >= 4 is 28.8 Å². The van der Waals surface area contributed by atoms with Crippen LogP contribution in [-0.4, -0.2) is 23.5 Å². The molecule has 0 unspecified atom stereocenters. The molecular formula is C15H23ClN2S. The largest absolute Gasteiger partial charge is 0.393 e. The molecular weight excluding hydrogens is 276 g/mol. The van der Waals surface area contributed by atoms with Crippen molar-refractivity contribution in [2.24, 2.45) is 11.1 Å². The summed E-state index contributed by atoms with van der Waals surface area (Å²) in [6.45, 7) is 6.08. The van der Waals surface area contributed by atoms with Gasteiger partial charge in [0.15, 0.2) is 0 Å². The van der Waals surface area contributed by atoms with E-state index in [1.165, 1.54) is 5.56 Å². The smallest absolute Gasteiger partial charge is 0.0784 e. The molecule has 1 aromatic rings. The second-order valence-corrected chi connectivity index (χ2v) is 6.53. The minimum Gasteiger partial charge on any atom is -0.393 e. The molecule has 106 valence electrons. The first-order valence-electron chi connectivity index (χ1n) is 6.55. The molecule has 0 saturated heterocycles. The van der Waals surface area contributed by atoms with Crippen molar-refractivity contribution in [2.45, 2.75) is 33.2 Å². The molecule has 0 bridgehead atoms. The van der Waals surface area contributed by atoms with Crippen LogP contribution < -0.4 is 5.73 Å². The molecule has 0 aliphatic carbocycles. The summed E-state index contributed by atoms with van der Waals surface area (Å²) >= 11 is 11.2. The summed E-state index contributed by atoms with van der Waals surface area (Å²) in [5, 5.41) is 0.831. The van der Waals surface area contributed by atoms with Crippen molar-refractivity contribution in [1.82, 2.24) is 4.90 Å². The second-order valence-electron chi connectivity index (χ2n) is 5.68. The van der Waals surface area contributed by atoms with Crippen LogP contribution in [0.5, 0.6) is 0 Å². The predicted molar refractivity (Wildman–Crippen MR) is 87.6 cm³/mol. The van der Waals surface area contributed by atoms with Gasteiger partial charge in [0, 0.05) is 17.0 Å². The summed E-state index contributed by atoms with van der Waals surface area (Å²) in [7, 11) is 2.11. The molecule has 19 heavy (non-hydrogen) atoms. The Morgan fingerprint density at radius 3 is 2.58 bits per heavy atom. The Bertz CT molecular complexity index is 432. The topological polar surface area (TPSA) is 29.3 Å². The van der Waals surface area contributed by atoms with Gasteiger partial charge in [-0.25, -0.2) is 0 Å². The Morgan fingerprint density at radius 1 is 1.37 bits per heavy atom. The van der Waals surface area contributed by atoms with Crippen molar-refractivity contribution < 1.29 is 0 Å². The maximum atomic E-state index is 6.16. The molecule has 0 amide bonds. The number of halogens is 1. The van der Waals surface area contributed by atoms with Crippen LogP contribution in [0.25, 0.3) is 0 Å². The Kier molecular flexibility index (Phi) is 6.24. The molecule has 0 aliphatic rings. The van der Waals surface area contributed by atoms with Gasteiger partial charge in [-0.3, -0.25) is 0 Å². The lowest BCUT2D eigenvalue weighted by atomic mass is 9.88. The number of rotatable bonds is 7. The van der Waals surface area contributed by atoms with Crippen LogP contribution in [0, 0.1) is 5.41 Å². The van der Waals surface area contributed by atoms with Crippen LogP contribution in [0.15, 0.2) is 24.3 Å². The van der Waals surface area contributed by atoms with Crippen LogP contribution in [0.3, 0.4) is 0 Å². The van der Waals surface area contributed by atoms with Gasteiger partial charge in [-0.1, -0.05) is 55.9 Å². The molecule has 4 heteroatoms. The fraction of sp³-hybridized carbons (Fsp3) is 0.533. The number of hydrogen-bond acceptors (Lipinski definition) is 2. The van der Waals surface area contributed by atoms with Crippen LogP contribution in [0.2, 0.25) is 5.02 Å². The highest BCUT2D eigenvalue weighted by atomic mass is 35.5. The fourth-order valence-electron chi connectivity index (χ4n) is 1.91. The monoisotopic (exact) mass is 298 g/mol. The standard InChI is InChI=1S/C15H23ClN2S/c1-15(2,14(17)19)9-6-10-18(3)11-12-7-4-5-8-13(12)16/h4-5,7-8H,6,9-11H2,1-3H3,(H2,17,19). The van der Waals surface area contributed by atoms with Gasteiger partial charge in [0.25, 0.3) is 0 Å². The van der Waals surface area contributed by atoms with E-state index in [1.807, 2.05) is 18.2 Å². The fourth-order valence-corrected chi connectivity index (χ4v) is 2.21. The van der Waals surface area contributed by atoms with E-state index in [2.05, 4.69) is 31.9 Å². The SMILES string of the molecule is CN(CCCC(C)(C)C(N)=S)Cc1ccccc1Cl. The number of hydrogen-bond donors (Lipinski definition) is 1. The van der Waals surface area contributed by atoms with E-state index in [4.69, 9.17) is 29.6 Å². The highest BCUT2D eigenvalue weighted by molar-refractivity contribution is 7.80. The average Bonchev–Trinajstić information content (AvgIpc) is 2.31. The molecule has 1 aromatic carbocycles. The number of nitrogens with two attached hydrogens (primary N) is 1. The van der Waals surface area contributed by atoms with Crippen LogP contribution >= 0.6 is 23.8 Å². The molecule has 0 aliphatic heterocycles. The number of nitrogens with zero attached hydrogens (tertiary/aromatic N) is 1. The lowest BCUT2D eigenvalue weighted by Gasteiger charge is -2.24. The maximum Gasteiger partial charge on any atom is 0.0784 e. The average molecular weight is 299 g/mol. The van der Waals surface area contributed by atoms with Crippen LogP contribution in [0.4, 0.5) is 0 Å². The first kappa shape index (κ1) is 16.4. The highest BCUT2D eigenvalue weighted by Crippen LogP contribution is 2.23. The summed E-state index contributed by atoms with van der Waals surface area (Å²) in [5.74, 6) is 0. The Balaban J connectivity index is 2.39. The summed E-state index contributed by atoms with van der Waals surface area (Å²) < 4.78 is 0. The molecule has 0 radical (unpaired) electrons. The molecule has 0 aromatic heterocycles. The molecule has 0 heterocycles. The molecule has 0 saturated carbocycles. The third-order valence-electron chi connectivity index (χ3n) is 3.41. The minimum absolute atomic E-state index is 0.0550. The minimum atomic E-state index is -0.0550. The van der Waals surface area contributed by atoms with Crippen molar-refractivity contribution in [2.75, 3.05) is 13.6 Å². The summed E-state index contributed by atoms with van der Waals surface area (Å²) in [6.07, 6.45) is 2.08. The van der Waals surface area contributed by atoms with Gasteiger partial charge < -0.3 is 10.6 Å². The third kappa shape index (κ3) is 5.47. The summed E-state index contributed by atoms with van der Waals surface area (Å²) in [6, 6.07) is 7.97. The molecule has 0 atom stereocenters. The van der Waals surface area contributed by atoms with Gasteiger partial charge in [0.05, 0.1) is 4.99 Å². The van der Waals surface area contributed by atoms with Crippen LogP contribution in [0.1, 0.15) is 32.3 Å². The summed E-state index contributed by atoms with van der Waals surface area (Å²) in [4.78, 5) is 2.87. The number of thiocarbonyl (C=S) groups is 1. The van der Waals surface area contributed by atoms with Crippen molar-refractivity contribution in [3.63, 3.8) is 0 Å².